The van der Waals surface area contributed by atoms with Crippen LogP contribution in [0.5, 0.6) is 0 Å². The van der Waals surface area contributed by atoms with E-state index in [1.807, 2.05) is 18.2 Å². The van der Waals surface area contributed by atoms with Crippen LogP contribution in [0, 0.1) is 0 Å². The van der Waals surface area contributed by atoms with Gasteiger partial charge in [0.2, 0.25) is 0 Å². The number of fused-ring (bicyclic) bond motifs is 1. The summed E-state index contributed by atoms with van der Waals surface area (Å²) in [6.45, 7) is 0. The Bertz CT molecular complexity index is 397. The van der Waals surface area contributed by atoms with Gasteiger partial charge in [0.1, 0.15) is 0 Å². The third-order valence-corrected chi connectivity index (χ3v) is 4.09. The van der Waals surface area contributed by atoms with Gasteiger partial charge in [-0.15, -0.1) is 24.0 Å². The summed E-state index contributed by atoms with van der Waals surface area (Å²) < 4.78 is 3.00. The van der Waals surface area contributed by atoms with E-state index in [0.29, 0.717) is 0 Å². The van der Waals surface area contributed by atoms with Crippen LogP contribution in [0.15, 0.2) is 27.6 Å². The Morgan fingerprint density at radius 2 is 2.17 bits per heavy atom. The Morgan fingerprint density at radius 3 is 2.83 bits per heavy atom. The van der Waals surface area contributed by atoms with Crippen molar-refractivity contribution in [2.45, 2.75) is 4.90 Å². The molecule has 0 bridgehead atoms. The number of rotatable bonds is 0. The molecule has 0 atom stereocenters. The molecule has 0 aliphatic carbocycles. The lowest BCUT2D eigenvalue weighted by molar-refractivity contribution is 1.59. The van der Waals surface area contributed by atoms with Crippen LogP contribution in [0.4, 0.5) is 0 Å². The third-order valence-electron chi connectivity index (χ3n) is 1.58. The lowest BCUT2D eigenvalue weighted by Gasteiger charge is -1.95. The third kappa shape index (κ3) is 1.39. The molecular weight excluding hydrogens is 276 g/mol. The van der Waals surface area contributed by atoms with Gasteiger partial charge in [0.25, 0.3) is 0 Å². The molecule has 2 rings (SSSR count). The SMILES string of the molecule is Sc1ccc(Br)c2cc(Cl)sc12. The highest BCUT2D eigenvalue weighted by atomic mass is 79.9. The highest BCUT2D eigenvalue weighted by Gasteiger charge is 2.05. The predicted molar refractivity (Wildman–Crippen MR) is 61.8 cm³/mol. The summed E-state index contributed by atoms with van der Waals surface area (Å²) >= 11 is 15.2. The van der Waals surface area contributed by atoms with Crippen LogP contribution >= 0.6 is 51.5 Å². The molecule has 0 N–H and O–H groups in total. The van der Waals surface area contributed by atoms with Crippen LogP contribution in [0.2, 0.25) is 4.34 Å². The number of hydrogen-bond acceptors (Lipinski definition) is 2. The number of hydrogen-bond donors (Lipinski definition) is 1. The Kier molecular flexibility index (Phi) is 2.38. The van der Waals surface area contributed by atoms with Crippen LogP contribution in [0.25, 0.3) is 10.1 Å². The fourth-order valence-corrected chi connectivity index (χ4v) is 3.12. The molecule has 0 amide bonds. The van der Waals surface area contributed by atoms with Crippen molar-refractivity contribution in [2.24, 2.45) is 0 Å². The summed E-state index contributed by atoms with van der Waals surface area (Å²) in [6.07, 6.45) is 0. The van der Waals surface area contributed by atoms with Gasteiger partial charge in [0, 0.05) is 14.8 Å². The van der Waals surface area contributed by atoms with Gasteiger partial charge in [-0.25, -0.2) is 0 Å². The van der Waals surface area contributed by atoms with Gasteiger partial charge < -0.3 is 0 Å². The van der Waals surface area contributed by atoms with Crippen LogP contribution < -0.4 is 0 Å². The monoisotopic (exact) mass is 278 g/mol. The molecule has 2 aromatic rings. The van der Waals surface area contributed by atoms with Gasteiger partial charge in [-0.05, 0) is 18.2 Å². The van der Waals surface area contributed by atoms with Crippen molar-refractivity contribution in [1.82, 2.24) is 0 Å². The van der Waals surface area contributed by atoms with Crippen molar-refractivity contribution >= 4 is 61.6 Å². The molecule has 62 valence electrons. The molecule has 0 aliphatic heterocycles. The van der Waals surface area contributed by atoms with Gasteiger partial charge in [-0.1, -0.05) is 27.5 Å². The smallest absolute Gasteiger partial charge is 0.0941 e. The minimum Gasteiger partial charge on any atom is -0.142 e. The zero-order valence-corrected chi connectivity index (χ0v) is 9.90. The number of halogens is 2. The van der Waals surface area contributed by atoms with E-state index in [9.17, 15) is 0 Å². The minimum atomic E-state index is 0.798. The first-order valence-corrected chi connectivity index (χ1v) is 5.68. The Morgan fingerprint density at radius 1 is 1.42 bits per heavy atom. The van der Waals surface area contributed by atoms with Crippen LogP contribution in [-0.4, -0.2) is 0 Å². The van der Waals surface area contributed by atoms with E-state index in [-0.39, 0.29) is 0 Å². The second kappa shape index (κ2) is 3.22. The zero-order chi connectivity index (χ0) is 8.72. The maximum Gasteiger partial charge on any atom is 0.0941 e. The predicted octanol–water partition coefficient (Wildman–Crippen LogP) is 4.61. The first-order chi connectivity index (χ1) is 5.68. The van der Waals surface area contributed by atoms with Crippen LogP contribution in [-0.2, 0) is 0 Å². The second-order valence-electron chi connectivity index (χ2n) is 2.36. The highest BCUT2D eigenvalue weighted by molar-refractivity contribution is 9.10. The molecule has 0 saturated heterocycles. The molecule has 0 unspecified atom stereocenters. The maximum atomic E-state index is 5.89. The lowest BCUT2D eigenvalue weighted by Crippen LogP contribution is -1.68. The highest BCUT2D eigenvalue weighted by Crippen LogP contribution is 2.37. The summed E-state index contributed by atoms with van der Waals surface area (Å²) in [5.41, 5.74) is 0. The molecule has 1 aromatic heterocycles. The van der Waals surface area contributed by atoms with Gasteiger partial charge >= 0.3 is 0 Å². The summed E-state index contributed by atoms with van der Waals surface area (Å²) in [6, 6.07) is 5.89. The van der Waals surface area contributed by atoms with Crippen molar-refractivity contribution < 1.29 is 0 Å². The summed E-state index contributed by atoms with van der Waals surface area (Å²) in [5.74, 6) is 0. The molecule has 0 radical (unpaired) electrons. The molecule has 4 heteroatoms. The van der Waals surface area contributed by atoms with Crippen molar-refractivity contribution in [3.05, 3.63) is 27.0 Å². The van der Waals surface area contributed by atoms with E-state index in [0.717, 1.165) is 23.8 Å². The van der Waals surface area contributed by atoms with E-state index in [4.69, 9.17) is 11.6 Å². The molecule has 1 aromatic carbocycles. The summed E-state index contributed by atoms with van der Waals surface area (Å²) in [4.78, 5) is 0.977. The lowest BCUT2D eigenvalue weighted by atomic mass is 10.3. The van der Waals surface area contributed by atoms with Crippen molar-refractivity contribution in [3.8, 4) is 0 Å². The van der Waals surface area contributed by atoms with Crippen LogP contribution in [0.3, 0.4) is 0 Å². The zero-order valence-electron chi connectivity index (χ0n) is 5.84. The Hall–Kier alpha value is 0.300. The minimum absolute atomic E-state index is 0.798. The summed E-state index contributed by atoms with van der Waals surface area (Å²) in [5, 5.41) is 1.14. The second-order valence-corrected chi connectivity index (χ2v) is 5.38. The molecule has 12 heavy (non-hydrogen) atoms. The molecular formula is C8H4BrClS2. The van der Waals surface area contributed by atoms with Gasteiger partial charge in [0.15, 0.2) is 0 Å². The fraction of sp³-hybridized carbons (Fsp3) is 0. The van der Waals surface area contributed by atoms with E-state index in [2.05, 4.69) is 28.6 Å². The normalized spacial score (nSPS) is 10.9. The van der Waals surface area contributed by atoms with Crippen molar-refractivity contribution in [1.29, 1.82) is 0 Å². The van der Waals surface area contributed by atoms with Gasteiger partial charge in [-0.2, -0.15) is 0 Å². The van der Waals surface area contributed by atoms with E-state index >= 15 is 0 Å². The standard InChI is InChI=1S/C8H4BrClS2/c9-5-1-2-6(11)8-4(5)3-7(10)12-8/h1-3,11H. The molecule has 0 nitrogen and oxygen atoms in total. The van der Waals surface area contributed by atoms with Crippen molar-refractivity contribution in [3.63, 3.8) is 0 Å². The van der Waals surface area contributed by atoms with E-state index in [1.54, 1.807) is 11.3 Å². The molecule has 1 heterocycles. The van der Waals surface area contributed by atoms with Crippen LogP contribution in [0.1, 0.15) is 0 Å². The topological polar surface area (TPSA) is 0 Å². The fourth-order valence-electron chi connectivity index (χ4n) is 1.05. The summed E-state index contributed by atoms with van der Waals surface area (Å²) in [7, 11) is 0. The van der Waals surface area contributed by atoms with E-state index < -0.39 is 0 Å². The molecule has 0 aliphatic rings. The quantitative estimate of drug-likeness (QED) is 0.669. The maximum absolute atomic E-state index is 5.89. The Labute approximate surface area is 93.1 Å². The first-order valence-electron chi connectivity index (χ1n) is 3.25. The molecule has 0 saturated carbocycles. The average Bonchev–Trinajstić information content (AvgIpc) is 2.41. The Balaban J connectivity index is 2.93. The van der Waals surface area contributed by atoms with Crippen molar-refractivity contribution in [2.75, 3.05) is 0 Å². The van der Waals surface area contributed by atoms with Gasteiger partial charge in [0.05, 0.1) is 9.04 Å². The number of benzene rings is 1. The number of thiophene rings is 1. The largest absolute Gasteiger partial charge is 0.142 e. The average molecular weight is 280 g/mol. The first kappa shape index (κ1) is 8.88. The van der Waals surface area contributed by atoms with E-state index in [1.165, 1.54) is 0 Å². The van der Waals surface area contributed by atoms with Gasteiger partial charge in [-0.3, -0.25) is 0 Å². The number of thiol groups is 1. The molecule has 0 fully saturated rings. The molecule has 0 spiro atoms.